The van der Waals surface area contributed by atoms with Gasteiger partial charge in [0.2, 0.25) is 0 Å². The lowest BCUT2D eigenvalue weighted by Gasteiger charge is -2.32. The molecule has 1 saturated heterocycles. The number of rotatable bonds is 6. The van der Waals surface area contributed by atoms with Crippen molar-refractivity contribution in [3.63, 3.8) is 0 Å². The summed E-state index contributed by atoms with van der Waals surface area (Å²) in [5, 5.41) is 36.8. The molecule has 33 heavy (non-hydrogen) atoms. The van der Waals surface area contributed by atoms with E-state index in [1.807, 2.05) is 6.07 Å². The summed E-state index contributed by atoms with van der Waals surface area (Å²) in [6, 6.07) is 3.47. The van der Waals surface area contributed by atoms with Gasteiger partial charge in [0, 0.05) is 23.8 Å². The average Bonchev–Trinajstić information content (AvgIpc) is 3.37. The van der Waals surface area contributed by atoms with Crippen molar-refractivity contribution in [3.05, 3.63) is 39.9 Å². The highest BCUT2D eigenvalue weighted by Gasteiger charge is 2.39. The molecule has 0 bridgehead atoms. The zero-order valence-corrected chi connectivity index (χ0v) is 18.8. The molecule has 3 heterocycles. The molecular formula is C20H25BN5O6S+. The molecule has 13 heteroatoms. The van der Waals surface area contributed by atoms with Gasteiger partial charge in [0.25, 0.3) is 5.91 Å². The minimum absolute atomic E-state index is 0.0207. The smallest absolute Gasteiger partial charge is 0.534 e. The van der Waals surface area contributed by atoms with E-state index in [9.17, 15) is 24.9 Å². The number of likely N-dealkylation sites (tertiary alicyclic amines) is 1. The normalized spacial score (nSPS) is 19.6. The van der Waals surface area contributed by atoms with Crippen molar-refractivity contribution in [3.8, 4) is 5.75 Å². The van der Waals surface area contributed by atoms with Gasteiger partial charge < -0.3 is 35.5 Å². The molecule has 0 saturated carbocycles. The number of benzene rings is 1. The van der Waals surface area contributed by atoms with Gasteiger partial charge in [-0.1, -0.05) is 5.16 Å². The van der Waals surface area contributed by atoms with Gasteiger partial charge in [-0.15, -0.1) is 11.3 Å². The van der Waals surface area contributed by atoms with Crippen LogP contribution in [0, 0.1) is 0 Å². The number of amides is 1. The van der Waals surface area contributed by atoms with Gasteiger partial charge in [0.15, 0.2) is 10.8 Å². The lowest BCUT2D eigenvalue weighted by atomic mass is 9.72. The van der Waals surface area contributed by atoms with E-state index < -0.39 is 24.9 Å². The molecule has 6 N–H and O–H groups in total. The van der Waals surface area contributed by atoms with Gasteiger partial charge >= 0.3 is 13.1 Å². The van der Waals surface area contributed by atoms with E-state index in [4.69, 9.17) is 10.4 Å². The van der Waals surface area contributed by atoms with Crippen LogP contribution < -0.4 is 15.7 Å². The molecule has 2 aromatic rings. The number of aromatic nitrogens is 1. The number of hydrogen-bond donors (Lipinski definition) is 5. The van der Waals surface area contributed by atoms with E-state index >= 15 is 0 Å². The van der Waals surface area contributed by atoms with Crippen LogP contribution in [0.4, 0.5) is 5.13 Å². The number of nitrogens with zero attached hydrogens (tertiary/aromatic N) is 3. The summed E-state index contributed by atoms with van der Waals surface area (Å²) in [7, 11) is 0.658. The lowest BCUT2D eigenvalue weighted by Crippen LogP contribution is -2.54. The van der Waals surface area contributed by atoms with Crippen molar-refractivity contribution in [2.75, 3.05) is 25.9 Å². The predicted octanol–water partition coefficient (Wildman–Crippen LogP) is 0.482. The van der Waals surface area contributed by atoms with Crippen LogP contribution in [0.5, 0.6) is 5.75 Å². The molecule has 11 nitrogen and oxygen atoms in total. The Hall–Kier alpha value is -3.16. The van der Waals surface area contributed by atoms with E-state index in [2.05, 4.69) is 22.5 Å². The average molecular weight is 474 g/mol. The van der Waals surface area contributed by atoms with Crippen molar-refractivity contribution in [1.82, 2.24) is 10.3 Å². The predicted molar refractivity (Wildman–Crippen MR) is 121 cm³/mol. The standard InChI is InChI=1S/C20H24BN5O6S/c1-26(4-2-3-5-26)9-11-6-12-8-15(21(30)32-17(12)13(7-11)19(28)29)24-18(27)16(25-31)14-10-33-20(22)23-14/h6-7,10,15,30H,2-5,8-9H2,1H3,(H4-,22,23,24,27,28,29,31)/p+1. The third-order valence-corrected chi connectivity index (χ3v) is 6.76. The third kappa shape index (κ3) is 4.79. The van der Waals surface area contributed by atoms with Crippen molar-refractivity contribution < 1.29 is 34.1 Å². The Labute approximate surface area is 194 Å². The number of fused-ring (bicyclic) bond motifs is 1. The number of carboxylic acid groups (broad SMARTS) is 1. The van der Waals surface area contributed by atoms with Crippen molar-refractivity contribution in [2.45, 2.75) is 31.7 Å². The number of carbonyl (C=O) groups is 2. The Morgan fingerprint density at radius 1 is 1.39 bits per heavy atom. The van der Waals surface area contributed by atoms with Gasteiger partial charge in [0.1, 0.15) is 23.6 Å². The number of carboxylic acids is 1. The van der Waals surface area contributed by atoms with Gasteiger partial charge in [-0.3, -0.25) is 4.79 Å². The van der Waals surface area contributed by atoms with Crippen molar-refractivity contribution in [2.24, 2.45) is 5.16 Å². The SMILES string of the molecule is C[N+]1(Cc2cc3c(c(C(=O)O)c2)OB(O)C(NC(=O)C(=NO)c2csc(N)n2)C3)CCCC1. The number of carbonyl (C=O) groups excluding carboxylic acids is 1. The molecule has 1 aromatic heterocycles. The largest absolute Gasteiger partial charge is 0.547 e. The summed E-state index contributed by atoms with van der Waals surface area (Å²) in [4.78, 5) is 28.5. The first-order chi connectivity index (χ1) is 15.7. The molecule has 174 valence electrons. The molecule has 1 aromatic carbocycles. The van der Waals surface area contributed by atoms with Crippen LogP contribution in [0.1, 0.15) is 40.0 Å². The maximum Gasteiger partial charge on any atom is 0.547 e. The molecule has 1 atom stereocenters. The highest BCUT2D eigenvalue weighted by Crippen LogP contribution is 2.33. The van der Waals surface area contributed by atoms with Crippen molar-refractivity contribution >= 4 is 41.2 Å². The first-order valence-corrected chi connectivity index (χ1v) is 11.4. The zero-order chi connectivity index (χ0) is 23.8. The van der Waals surface area contributed by atoms with E-state index in [-0.39, 0.29) is 34.3 Å². The first-order valence-electron chi connectivity index (χ1n) is 10.5. The van der Waals surface area contributed by atoms with E-state index in [1.165, 1.54) is 5.38 Å². The third-order valence-electron chi connectivity index (χ3n) is 6.09. The lowest BCUT2D eigenvalue weighted by molar-refractivity contribution is -0.910. The number of nitrogens with two attached hydrogens (primary N) is 1. The highest BCUT2D eigenvalue weighted by molar-refractivity contribution is 7.13. The number of anilines is 1. The summed E-state index contributed by atoms with van der Waals surface area (Å²) in [6.07, 6.45) is 2.41. The number of nitrogen functional groups attached to an aromatic ring is 1. The summed E-state index contributed by atoms with van der Waals surface area (Å²) in [5.41, 5.74) is 6.74. The summed E-state index contributed by atoms with van der Waals surface area (Å²) < 4.78 is 6.36. The fourth-order valence-electron chi connectivity index (χ4n) is 4.50. The highest BCUT2D eigenvalue weighted by atomic mass is 32.1. The van der Waals surface area contributed by atoms with Gasteiger partial charge in [-0.2, -0.15) is 0 Å². The van der Waals surface area contributed by atoms with Crippen LogP contribution in [0.25, 0.3) is 0 Å². The van der Waals surface area contributed by atoms with Gasteiger partial charge in [0.05, 0.1) is 26.1 Å². The van der Waals surface area contributed by atoms with Crippen LogP contribution in [-0.4, -0.2) is 75.6 Å². The van der Waals surface area contributed by atoms with Crippen LogP contribution in [0.15, 0.2) is 22.7 Å². The molecule has 2 aliphatic heterocycles. The number of hydrogen-bond acceptors (Lipinski definition) is 9. The fraction of sp³-hybridized carbons (Fsp3) is 0.400. The fourth-order valence-corrected chi connectivity index (χ4v) is 5.05. The molecular weight excluding hydrogens is 449 g/mol. The minimum atomic E-state index is -1.49. The molecule has 1 unspecified atom stereocenters. The molecule has 0 radical (unpaired) electrons. The van der Waals surface area contributed by atoms with E-state index in [0.29, 0.717) is 12.1 Å². The minimum Gasteiger partial charge on any atom is -0.534 e. The molecule has 2 aliphatic rings. The monoisotopic (exact) mass is 474 g/mol. The number of nitrogens with one attached hydrogen (secondary N) is 1. The molecule has 0 spiro atoms. The Bertz CT molecular complexity index is 1120. The van der Waals surface area contributed by atoms with Crippen LogP contribution >= 0.6 is 11.3 Å². The molecule has 4 rings (SSSR count). The Balaban J connectivity index is 1.58. The molecule has 1 amide bonds. The molecule has 1 fully saturated rings. The topological polar surface area (TPSA) is 167 Å². The number of quaternary nitrogens is 1. The van der Waals surface area contributed by atoms with Crippen molar-refractivity contribution in [1.29, 1.82) is 0 Å². The maximum atomic E-state index is 12.7. The number of thiazole rings is 1. The Kier molecular flexibility index (Phi) is 6.28. The van der Waals surface area contributed by atoms with Crippen LogP contribution in [0.3, 0.4) is 0 Å². The summed E-state index contributed by atoms with van der Waals surface area (Å²) >= 11 is 1.08. The number of aromatic carboxylic acids is 1. The maximum absolute atomic E-state index is 12.7. The Morgan fingerprint density at radius 3 is 2.73 bits per heavy atom. The molecule has 0 aliphatic carbocycles. The second kappa shape index (κ2) is 9.00. The summed E-state index contributed by atoms with van der Waals surface area (Å²) in [5.74, 6) is -2.73. The quantitative estimate of drug-likeness (QED) is 0.133. The second-order valence-electron chi connectivity index (χ2n) is 8.68. The number of oxime groups is 1. The van der Waals surface area contributed by atoms with E-state index in [1.54, 1.807) is 6.07 Å². The van der Waals surface area contributed by atoms with Gasteiger partial charge in [-0.05, 0) is 24.1 Å². The summed E-state index contributed by atoms with van der Waals surface area (Å²) in [6.45, 7) is 2.73. The Morgan fingerprint density at radius 2 is 2.12 bits per heavy atom. The second-order valence-corrected chi connectivity index (χ2v) is 9.57. The first kappa shape index (κ1) is 23.0. The van der Waals surface area contributed by atoms with Gasteiger partial charge in [-0.25, -0.2) is 9.78 Å². The van der Waals surface area contributed by atoms with Crippen LogP contribution in [0.2, 0.25) is 0 Å². The van der Waals surface area contributed by atoms with Crippen LogP contribution in [-0.2, 0) is 17.8 Å². The van der Waals surface area contributed by atoms with E-state index in [0.717, 1.165) is 47.3 Å². The zero-order valence-electron chi connectivity index (χ0n) is 18.0.